The SMILES string of the molecule is CC(=N\n1c(C)ccc1-c1ccccc1)/C(C)=N/n1c(-c2ccccc2)ccc1-c1ccccc1. The lowest BCUT2D eigenvalue weighted by Gasteiger charge is -2.12. The van der Waals surface area contributed by atoms with Crippen LogP contribution in [0, 0.1) is 6.92 Å². The van der Waals surface area contributed by atoms with Crippen molar-refractivity contribution in [1.82, 2.24) is 9.35 Å². The van der Waals surface area contributed by atoms with Gasteiger partial charge in [0.15, 0.2) is 0 Å². The maximum Gasteiger partial charge on any atom is 0.0812 e. The molecule has 35 heavy (non-hydrogen) atoms. The summed E-state index contributed by atoms with van der Waals surface area (Å²) in [6.07, 6.45) is 0. The van der Waals surface area contributed by atoms with Crippen LogP contribution in [0.25, 0.3) is 33.8 Å². The second-order valence-electron chi connectivity index (χ2n) is 8.56. The molecule has 0 spiro atoms. The van der Waals surface area contributed by atoms with Gasteiger partial charge in [0.25, 0.3) is 0 Å². The van der Waals surface area contributed by atoms with E-state index in [1.165, 1.54) is 0 Å². The van der Waals surface area contributed by atoms with Crippen LogP contribution >= 0.6 is 0 Å². The van der Waals surface area contributed by atoms with E-state index in [1.807, 2.05) is 53.5 Å². The highest BCUT2D eigenvalue weighted by Crippen LogP contribution is 2.29. The summed E-state index contributed by atoms with van der Waals surface area (Å²) < 4.78 is 4.02. The largest absolute Gasteiger partial charge is 0.237 e. The molecule has 0 atom stereocenters. The smallest absolute Gasteiger partial charge is 0.0812 e. The Balaban J connectivity index is 1.59. The number of aromatic nitrogens is 2. The number of hydrogen-bond acceptors (Lipinski definition) is 2. The van der Waals surface area contributed by atoms with Crippen molar-refractivity contribution in [2.45, 2.75) is 20.8 Å². The molecular weight excluding hydrogens is 428 g/mol. The van der Waals surface area contributed by atoms with Gasteiger partial charge in [0.2, 0.25) is 0 Å². The topological polar surface area (TPSA) is 34.6 Å². The molecule has 5 aromatic rings. The van der Waals surface area contributed by atoms with Gasteiger partial charge in [0, 0.05) is 22.4 Å². The van der Waals surface area contributed by atoms with Crippen LogP contribution in [0.5, 0.6) is 0 Å². The van der Waals surface area contributed by atoms with Crippen molar-refractivity contribution in [1.29, 1.82) is 0 Å². The molecule has 0 fully saturated rings. The zero-order valence-electron chi connectivity index (χ0n) is 20.3. The van der Waals surface area contributed by atoms with Gasteiger partial charge in [0.05, 0.1) is 28.5 Å². The van der Waals surface area contributed by atoms with E-state index in [4.69, 9.17) is 10.2 Å². The van der Waals surface area contributed by atoms with Crippen LogP contribution < -0.4 is 0 Å². The Morgan fingerprint density at radius 1 is 0.457 bits per heavy atom. The van der Waals surface area contributed by atoms with E-state index < -0.39 is 0 Å². The van der Waals surface area contributed by atoms with Gasteiger partial charge in [-0.3, -0.25) is 0 Å². The van der Waals surface area contributed by atoms with E-state index in [0.29, 0.717) is 0 Å². The lowest BCUT2D eigenvalue weighted by Crippen LogP contribution is -2.12. The number of nitrogens with zero attached hydrogens (tertiary/aromatic N) is 4. The molecule has 0 amide bonds. The predicted molar refractivity (Wildman–Crippen MR) is 147 cm³/mol. The summed E-state index contributed by atoms with van der Waals surface area (Å²) in [5, 5.41) is 10.0. The minimum atomic E-state index is 0.850. The number of benzene rings is 3. The molecule has 4 heteroatoms. The molecule has 0 bridgehead atoms. The molecule has 2 heterocycles. The second kappa shape index (κ2) is 9.82. The maximum atomic E-state index is 5.07. The Morgan fingerprint density at radius 3 is 1.23 bits per heavy atom. The fourth-order valence-corrected chi connectivity index (χ4v) is 4.13. The molecular formula is C31H28N4. The Morgan fingerprint density at radius 2 is 0.800 bits per heavy atom. The minimum absolute atomic E-state index is 0.850. The van der Waals surface area contributed by atoms with E-state index in [9.17, 15) is 0 Å². The van der Waals surface area contributed by atoms with Crippen LogP contribution in [0.4, 0.5) is 0 Å². The van der Waals surface area contributed by atoms with Crippen LogP contribution in [0.2, 0.25) is 0 Å². The molecule has 5 rings (SSSR count). The number of aryl methyl sites for hydroxylation is 1. The third-order valence-corrected chi connectivity index (χ3v) is 6.13. The highest BCUT2D eigenvalue weighted by Gasteiger charge is 2.13. The van der Waals surface area contributed by atoms with Crippen LogP contribution in [0.3, 0.4) is 0 Å². The van der Waals surface area contributed by atoms with E-state index in [0.717, 1.165) is 50.9 Å². The molecule has 3 aromatic carbocycles. The fraction of sp³-hybridized carbons (Fsp3) is 0.0968. The highest BCUT2D eigenvalue weighted by molar-refractivity contribution is 6.40. The minimum Gasteiger partial charge on any atom is -0.237 e. The summed E-state index contributed by atoms with van der Waals surface area (Å²) in [5.41, 5.74) is 9.29. The molecule has 172 valence electrons. The lowest BCUT2D eigenvalue weighted by molar-refractivity contribution is 0.855. The average molecular weight is 457 g/mol. The number of rotatable bonds is 6. The first-order valence-electron chi connectivity index (χ1n) is 11.8. The van der Waals surface area contributed by atoms with Gasteiger partial charge in [-0.15, -0.1) is 0 Å². The van der Waals surface area contributed by atoms with Crippen molar-refractivity contribution in [3.63, 3.8) is 0 Å². The molecule has 4 nitrogen and oxygen atoms in total. The van der Waals surface area contributed by atoms with Gasteiger partial charge >= 0.3 is 0 Å². The molecule has 2 aromatic heterocycles. The van der Waals surface area contributed by atoms with Gasteiger partial charge in [-0.05, 0) is 45.0 Å². The normalized spacial score (nSPS) is 12.2. The van der Waals surface area contributed by atoms with Gasteiger partial charge in [-0.1, -0.05) is 91.0 Å². The summed E-state index contributed by atoms with van der Waals surface area (Å²) in [6, 6.07) is 39.5. The average Bonchev–Trinajstić information content (AvgIpc) is 3.49. The summed E-state index contributed by atoms with van der Waals surface area (Å²) in [7, 11) is 0. The third kappa shape index (κ3) is 4.64. The molecule has 0 aliphatic rings. The van der Waals surface area contributed by atoms with Crippen molar-refractivity contribution < 1.29 is 0 Å². The quantitative estimate of drug-likeness (QED) is 0.234. The lowest BCUT2D eigenvalue weighted by atomic mass is 10.2. The van der Waals surface area contributed by atoms with Gasteiger partial charge in [-0.2, -0.15) is 10.2 Å². The highest BCUT2D eigenvalue weighted by atomic mass is 15.4. The van der Waals surface area contributed by atoms with Crippen molar-refractivity contribution in [3.05, 3.63) is 121 Å². The summed E-state index contributed by atoms with van der Waals surface area (Å²) in [6.45, 7) is 6.10. The predicted octanol–water partition coefficient (Wildman–Crippen LogP) is 7.75. The van der Waals surface area contributed by atoms with E-state index >= 15 is 0 Å². The van der Waals surface area contributed by atoms with Crippen LogP contribution in [0.15, 0.2) is 125 Å². The zero-order chi connectivity index (χ0) is 24.2. The third-order valence-electron chi connectivity index (χ3n) is 6.13. The summed E-state index contributed by atoms with van der Waals surface area (Å²) >= 11 is 0. The summed E-state index contributed by atoms with van der Waals surface area (Å²) in [5.74, 6) is 0. The van der Waals surface area contributed by atoms with E-state index in [1.54, 1.807) is 0 Å². The van der Waals surface area contributed by atoms with Crippen LogP contribution in [-0.2, 0) is 0 Å². The maximum absolute atomic E-state index is 5.07. The first-order valence-corrected chi connectivity index (χ1v) is 11.8. The first-order chi connectivity index (χ1) is 17.1. The molecule has 0 radical (unpaired) electrons. The molecule has 0 saturated carbocycles. The molecule has 0 saturated heterocycles. The Labute approximate surface area is 206 Å². The van der Waals surface area contributed by atoms with Gasteiger partial charge in [0.1, 0.15) is 0 Å². The zero-order valence-corrected chi connectivity index (χ0v) is 20.3. The Bertz CT molecular complexity index is 1430. The number of hydrogen-bond donors (Lipinski definition) is 0. The molecule has 0 aliphatic heterocycles. The monoisotopic (exact) mass is 456 g/mol. The van der Waals surface area contributed by atoms with Crippen molar-refractivity contribution in [2.75, 3.05) is 0 Å². The Kier molecular flexibility index (Phi) is 6.27. The standard InChI is InChI=1S/C31H28N4/c1-23-19-20-29(26-13-7-4-8-14-26)34(23)32-24(2)25(3)33-35-30(27-15-9-5-10-16-27)21-22-31(35)28-17-11-6-12-18-28/h4-22H,1-3H3/b32-24+,33-25+. The molecule has 0 aliphatic carbocycles. The van der Waals surface area contributed by atoms with Gasteiger partial charge < -0.3 is 0 Å². The van der Waals surface area contributed by atoms with Crippen LogP contribution in [-0.4, -0.2) is 20.8 Å². The van der Waals surface area contributed by atoms with Crippen molar-refractivity contribution >= 4 is 11.4 Å². The molecule has 0 unspecified atom stereocenters. The van der Waals surface area contributed by atoms with E-state index in [-0.39, 0.29) is 0 Å². The van der Waals surface area contributed by atoms with Crippen molar-refractivity contribution in [3.8, 4) is 33.8 Å². The second-order valence-corrected chi connectivity index (χ2v) is 8.56. The Hall–Kier alpha value is -4.44. The molecule has 0 N–H and O–H groups in total. The summed E-state index contributed by atoms with van der Waals surface area (Å²) in [4.78, 5) is 0. The fourth-order valence-electron chi connectivity index (χ4n) is 4.13. The van der Waals surface area contributed by atoms with Crippen LogP contribution in [0.1, 0.15) is 19.5 Å². The van der Waals surface area contributed by atoms with Gasteiger partial charge in [-0.25, -0.2) is 9.35 Å². The van der Waals surface area contributed by atoms with E-state index in [2.05, 4.69) is 91.9 Å². The first kappa shape index (κ1) is 22.4. The van der Waals surface area contributed by atoms with Crippen molar-refractivity contribution in [2.24, 2.45) is 10.2 Å².